The highest BCUT2D eigenvalue weighted by Gasteiger charge is 2.31. The van der Waals surface area contributed by atoms with Crippen molar-refractivity contribution in [2.75, 3.05) is 6.61 Å². The van der Waals surface area contributed by atoms with E-state index < -0.39 is 11.4 Å². The summed E-state index contributed by atoms with van der Waals surface area (Å²) in [7, 11) is 0. The van der Waals surface area contributed by atoms with Crippen molar-refractivity contribution >= 4 is 0 Å². The molecule has 3 heteroatoms. The maximum Gasteiger partial charge on any atom is 0.129 e. The quantitative estimate of drug-likeness (QED) is 0.912. The van der Waals surface area contributed by atoms with Crippen LogP contribution in [0.15, 0.2) is 48.5 Å². The first kappa shape index (κ1) is 13.6. The van der Waals surface area contributed by atoms with Gasteiger partial charge >= 0.3 is 0 Å². The molecule has 2 rings (SSSR count). The molecule has 0 spiro atoms. The summed E-state index contributed by atoms with van der Waals surface area (Å²) in [5.41, 5.74) is -0.638. The van der Waals surface area contributed by atoms with Gasteiger partial charge in [0, 0.05) is 11.1 Å². The molecule has 1 unspecified atom stereocenters. The molecule has 0 bridgehead atoms. The normalized spacial score (nSPS) is 13.9. The Kier molecular flexibility index (Phi) is 3.86. The molecule has 1 atom stereocenters. The van der Waals surface area contributed by atoms with Crippen molar-refractivity contribution < 1.29 is 14.2 Å². The highest BCUT2D eigenvalue weighted by molar-refractivity contribution is 5.44. The molecule has 1 N–H and O–H groups in total. The Labute approximate surface area is 112 Å². The molecule has 0 aliphatic heterocycles. The fraction of sp³-hybridized carbons (Fsp3) is 0.250. The Morgan fingerprint density at radius 1 is 1.05 bits per heavy atom. The zero-order chi connectivity index (χ0) is 13.9. The second-order valence-corrected chi connectivity index (χ2v) is 4.48. The van der Waals surface area contributed by atoms with E-state index in [1.165, 1.54) is 6.07 Å². The second-order valence-electron chi connectivity index (χ2n) is 4.48. The lowest BCUT2D eigenvalue weighted by Gasteiger charge is -2.27. The minimum absolute atomic E-state index is 0.238. The molecule has 0 heterocycles. The van der Waals surface area contributed by atoms with E-state index in [0.29, 0.717) is 17.9 Å². The maximum absolute atomic E-state index is 13.9. The zero-order valence-corrected chi connectivity index (χ0v) is 11.1. The summed E-state index contributed by atoms with van der Waals surface area (Å²) in [5.74, 6) is 0.136. The van der Waals surface area contributed by atoms with Crippen LogP contribution in [0.2, 0.25) is 0 Å². The summed E-state index contributed by atoms with van der Waals surface area (Å²) in [6, 6.07) is 13.4. The summed E-state index contributed by atoms with van der Waals surface area (Å²) in [5, 5.41) is 10.7. The number of para-hydroxylation sites is 1. The van der Waals surface area contributed by atoms with Gasteiger partial charge in [-0.2, -0.15) is 0 Å². The summed E-state index contributed by atoms with van der Waals surface area (Å²) in [6.45, 7) is 3.93. The molecule has 2 aromatic carbocycles. The Morgan fingerprint density at radius 2 is 1.63 bits per heavy atom. The van der Waals surface area contributed by atoms with Gasteiger partial charge in [-0.05, 0) is 26.0 Å². The summed E-state index contributed by atoms with van der Waals surface area (Å²) in [4.78, 5) is 0. The monoisotopic (exact) mass is 260 g/mol. The molecule has 0 saturated heterocycles. The largest absolute Gasteiger partial charge is 0.493 e. The highest BCUT2D eigenvalue weighted by atomic mass is 19.1. The number of hydrogen-bond donors (Lipinski definition) is 1. The van der Waals surface area contributed by atoms with Crippen LogP contribution in [0.1, 0.15) is 25.0 Å². The van der Waals surface area contributed by atoms with Crippen molar-refractivity contribution in [1.82, 2.24) is 0 Å². The van der Waals surface area contributed by atoms with Crippen LogP contribution in [0.25, 0.3) is 0 Å². The van der Waals surface area contributed by atoms with Crippen LogP contribution in [0, 0.1) is 5.82 Å². The van der Waals surface area contributed by atoms with Gasteiger partial charge < -0.3 is 9.84 Å². The van der Waals surface area contributed by atoms with E-state index >= 15 is 0 Å². The lowest BCUT2D eigenvalue weighted by atomic mass is 9.87. The number of hydrogen-bond acceptors (Lipinski definition) is 2. The van der Waals surface area contributed by atoms with E-state index in [1.54, 1.807) is 43.3 Å². The van der Waals surface area contributed by atoms with Crippen LogP contribution in [-0.2, 0) is 5.60 Å². The topological polar surface area (TPSA) is 29.5 Å². The van der Waals surface area contributed by atoms with Crippen molar-refractivity contribution in [3.8, 4) is 5.75 Å². The van der Waals surface area contributed by atoms with Crippen LogP contribution in [0.4, 0.5) is 4.39 Å². The molecule has 0 radical (unpaired) electrons. The molecule has 0 fully saturated rings. The third-order valence-corrected chi connectivity index (χ3v) is 3.11. The van der Waals surface area contributed by atoms with E-state index in [4.69, 9.17) is 4.74 Å². The SMILES string of the molecule is CCOc1ccccc1C(C)(O)c1ccccc1F. The molecule has 0 aromatic heterocycles. The first-order valence-electron chi connectivity index (χ1n) is 6.27. The van der Waals surface area contributed by atoms with Crippen molar-refractivity contribution in [2.24, 2.45) is 0 Å². The van der Waals surface area contributed by atoms with E-state index in [2.05, 4.69) is 0 Å². The minimum Gasteiger partial charge on any atom is -0.493 e. The van der Waals surface area contributed by atoms with Crippen molar-refractivity contribution in [2.45, 2.75) is 19.4 Å². The van der Waals surface area contributed by atoms with Gasteiger partial charge in [0.1, 0.15) is 17.2 Å². The Hall–Kier alpha value is -1.87. The molecule has 0 amide bonds. The number of aliphatic hydroxyl groups is 1. The molecule has 19 heavy (non-hydrogen) atoms. The maximum atomic E-state index is 13.9. The molecular weight excluding hydrogens is 243 g/mol. The third-order valence-electron chi connectivity index (χ3n) is 3.11. The van der Waals surface area contributed by atoms with Gasteiger partial charge in [0.25, 0.3) is 0 Å². The molecule has 100 valence electrons. The smallest absolute Gasteiger partial charge is 0.129 e. The van der Waals surface area contributed by atoms with Gasteiger partial charge in [-0.1, -0.05) is 36.4 Å². The molecule has 2 nitrogen and oxygen atoms in total. The third kappa shape index (κ3) is 2.61. The number of halogens is 1. The second kappa shape index (κ2) is 5.41. The van der Waals surface area contributed by atoms with Gasteiger partial charge in [-0.25, -0.2) is 4.39 Å². The number of ether oxygens (including phenoxy) is 1. The molecular formula is C16H17FO2. The Bertz CT molecular complexity index is 564. The predicted molar refractivity (Wildman–Crippen MR) is 72.7 cm³/mol. The fourth-order valence-electron chi connectivity index (χ4n) is 2.15. The Morgan fingerprint density at radius 3 is 2.26 bits per heavy atom. The van der Waals surface area contributed by atoms with E-state index in [9.17, 15) is 9.50 Å². The number of rotatable bonds is 4. The van der Waals surface area contributed by atoms with E-state index in [-0.39, 0.29) is 5.56 Å². The van der Waals surface area contributed by atoms with Gasteiger partial charge in [0.2, 0.25) is 0 Å². The van der Waals surface area contributed by atoms with Crippen molar-refractivity contribution in [1.29, 1.82) is 0 Å². The van der Waals surface area contributed by atoms with Gasteiger partial charge in [-0.3, -0.25) is 0 Å². The van der Waals surface area contributed by atoms with E-state index in [0.717, 1.165) is 0 Å². The molecule has 0 aliphatic rings. The first-order valence-corrected chi connectivity index (χ1v) is 6.27. The average Bonchev–Trinajstić information content (AvgIpc) is 2.40. The predicted octanol–water partition coefficient (Wildman–Crippen LogP) is 3.48. The summed E-state index contributed by atoms with van der Waals surface area (Å²) >= 11 is 0. The lowest BCUT2D eigenvalue weighted by Crippen LogP contribution is -2.25. The van der Waals surface area contributed by atoms with Gasteiger partial charge in [0.15, 0.2) is 0 Å². The first-order chi connectivity index (χ1) is 9.07. The van der Waals surface area contributed by atoms with Crippen LogP contribution in [-0.4, -0.2) is 11.7 Å². The van der Waals surface area contributed by atoms with Crippen molar-refractivity contribution in [3.63, 3.8) is 0 Å². The molecule has 2 aromatic rings. The number of benzene rings is 2. The van der Waals surface area contributed by atoms with E-state index in [1.807, 2.05) is 13.0 Å². The highest BCUT2D eigenvalue weighted by Crippen LogP contribution is 2.36. The van der Waals surface area contributed by atoms with Crippen LogP contribution < -0.4 is 4.74 Å². The standard InChI is InChI=1S/C16H17FO2/c1-3-19-15-11-7-5-9-13(15)16(2,18)12-8-4-6-10-14(12)17/h4-11,18H,3H2,1-2H3. The zero-order valence-electron chi connectivity index (χ0n) is 11.1. The van der Waals surface area contributed by atoms with Gasteiger partial charge in [-0.15, -0.1) is 0 Å². The fourth-order valence-corrected chi connectivity index (χ4v) is 2.15. The summed E-state index contributed by atoms with van der Waals surface area (Å²) in [6.07, 6.45) is 0. The molecule has 0 saturated carbocycles. The minimum atomic E-state index is -1.43. The lowest BCUT2D eigenvalue weighted by molar-refractivity contribution is 0.0940. The van der Waals surface area contributed by atoms with Crippen LogP contribution >= 0.6 is 0 Å². The van der Waals surface area contributed by atoms with Gasteiger partial charge in [0.05, 0.1) is 6.61 Å². The van der Waals surface area contributed by atoms with Crippen LogP contribution in [0.5, 0.6) is 5.75 Å². The molecule has 0 aliphatic carbocycles. The van der Waals surface area contributed by atoms with Crippen molar-refractivity contribution in [3.05, 3.63) is 65.5 Å². The Balaban J connectivity index is 2.53. The van der Waals surface area contributed by atoms with Crippen LogP contribution in [0.3, 0.4) is 0 Å². The summed E-state index contributed by atoms with van der Waals surface area (Å²) < 4.78 is 19.4. The average molecular weight is 260 g/mol.